The Labute approximate surface area is 139 Å². The van der Waals surface area contributed by atoms with E-state index in [9.17, 15) is 9.59 Å². The maximum atomic E-state index is 12.5. The summed E-state index contributed by atoms with van der Waals surface area (Å²) in [5.74, 6) is -1.50. The van der Waals surface area contributed by atoms with Gasteiger partial charge in [0.05, 0.1) is 18.0 Å². The van der Waals surface area contributed by atoms with Gasteiger partial charge in [-0.15, -0.1) is 11.3 Å². The van der Waals surface area contributed by atoms with Crippen LogP contribution in [0.15, 0.2) is 17.5 Å². The molecule has 23 heavy (non-hydrogen) atoms. The van der Waals surface area contributed by atoms with E-state index in [1.807, 2.05) is 32.9 Å². The summed E-state index contributed by atoms with van der Waals surface area (Å²) in [5.41, 5.74) is 4.52. The number of nitrogens with one attached hydrogen (secondary N) is 1. The first-order valence-electron chi connectivity index (χ1n) is 7.32. The van der Waals surface area contributed by atoms with Gasteiger partial charge >= 0.3 is 5.97 Å². The van der Waals surface area contributed by atoms with Crippen LogP contribution in [0.3, 0.4) is 0 Å². The minimum Gasteiger partial charge on any atom is -0.481 e. The lowest BCUT2D eigenvalue weighted by Gasteiger charge is -2.15. The van der Waals surface area contributed by atoms with Crippen molar-refractivity contribution >= 4 is 28.9 Å². The van der Waals surface area contributed by atoms with E-state index >= 15 is 0 Å². The highest BCUT2D eigenvalue weighted by Crippen LogP contribution is 2.26. The highest BCUT2D eigenvalue weighted by molar-refractivity contribution is 7.09. The summed E-state index contributed by atoms with van der Waals surface area (Å²) in [6, 6.07) is 4.06. The molecule has 0 bridgehead atoms. The second kappa shape index (κ2) is 6.91. The van der Waals surface area contributed by atoms with Gasteiger partial charge in [0.25, 0.3) is 0 Å². The minimum absolute atomic E-state index is 0.124. The second-order valence-corrected chi connectivity index (χ2v) is 6.62. The third-order valence-corrected chi connectivity index (χ3v) is 4.67. The summed E-state index contributed by atoms with van der Waals surface area (Å²) in [7, 11) is 0. The van der Waals surface area contributed by atoms with Crippen LogP contribution < -0.4 is 5.32 Å². The first kappa shape index (κ1) is 17.1. The van der Waals surface area contributed by atoms with Crippen molar-refractivity contribution in [3.63, 3.8) is 0 Å². The zero-order valence-electron chi connectivity index (χ0n) is 13.6. The Balaban J connectivity index is 2.14. The fraction of sp³-hybridized carbons (Fsp3) is 0.353. The predicted molar refractivity (Wildman–Crippen MR) is 91.2 cm³/mol. The van der Waals surface area contributed by atoms with Crippen LogP contribution in [0.1, 0.15) is 40.2 Å². The SMILES string of the molecule is Cc1cc(C)c(NC(=O)C(C)c2nc(CC(=O)O)cs2)c(C)c1. The van der Waals surface area contributed by atoms with Crippen LogP contribution in [0.4, 0.5) is 5.69 Å². The maximum absolute atomic E-state index is 12.5. The average molecular weight is 332 g/mol. The monoisotopic (exact) mass is 332 g/mol. The van der Waals surface area contributed by atoms with E-state index in [-0.39, 0.29) is 12.3 Å². The van der Waals surface area contributed by atoms with Gasteiger partial charge in [0.15, 0.2) is 0 Å². The van der Waals surface area contributed by atoms with Crippen LogP contribution in [0.5, 0.6) is 0 Å². The largest absolute Gasteiger partial charge is 0.481 e. The molecule has 2 N–H and O–H groups in total. The van der Waals surface area contributed by atoms with E-state index in [0.717, 1.165) is 22.4 Å². The molecule has 0 aliphatic carbocycles. The molecule has 1 heterocycles. The second-order valence-electron chi connectivity index (χ2n) is 5.73. The number of carbonyl (C=O) groups excluding carboxylic acids is 1. The number of aryl methyl sites for hydroxylation is 3. The van der Waals surface area contributed by atoms with Gasteiger partial charge in [-0.25, -0.2) is 4.98 Å². The number of hydrogen-bond acceptors (Lipinski definition) is 4. The van der Waals surface area contributed by atoms with Crippen molar-refractivity contribution in [3.05, 3.63) is 44.9 Å². The standard InChI is InChI=1S/C17H20N2O3S/c1-9-5-10(2)15(11(3)6-9)19-16(22)12(4)17-18-13(8-23-17)7-14(20)21/h5-6,8,12H,7H2,1-4H3,(H,19,22)(H,20,21). The molecule has 0 saturated heterocycles. The molecule has 0 saturated carbocycles. The quantitative estimate of drug-likeness (QED) is 0.879. The fourth-order valence-electron chi connectivity index (χ4n) is 2.48. The molecule has 6 heteroatoms. The number of carboxylic acid groups (broad SMARTS) is 1. The molecule has 1 aromatic heterocycles. The van der Waals surface area contributed by atoms with Crippen LogP contribution in [0.25, 0.3) is 0 Å². The Morgan fingerprint density at radius 2 is 1.87 bits per heavy atom. The summed E-state index contributed by atoms with van der Waals surface area (Å²) in [5, 5.41) is 14.1. The van der Waals surface area contributed by atoms with Crippen LogP contribution in [0, 0.1) is 20.8 Å². The fourth-order valence-corrected chi connectivity index (χ4v) is 3.35. The minimum atomic E-state index is -0.926. The molecule has 5 nitrogen and oxygen atoms in total. The van der Waals surface area contributed by atoms with Gasteiger partial charge in [-0.05, 0) is 38.8 Å². The molecular formula is C17H20N2O3S. The van der Waals surface area contributed by atoms with Crippen molar-refractivity contribution in [2.24, 2.45) is 0 Å². The van der Waals surface area contributed by atoms with Crippen LogP contribution in [0.2, 0.25) is 0 Å². The molecule has 0 aliphatic heterocycles. The van der Waals surface area contributed by atoms with Crippen LogP contribution in [-0.4, -0.2) is 22.0 Å². The number of hydrogen-bond donors (Lipinski definition) is 2. The first-order valence-corrected chi connectivity index (χ1v) is 8.20. The summed E-state index contributed by atoms with van der Waals surface area (Å²) < 4.78 is 0. The van der Waals surface area contributed by atoms with Crippen molar-refractivity contribution in [3.8, 4) is 0 Å². The van der Waals surface area contributed by atoms with Crippen molar-refractivity contribution in [2.45, 2.75) is 40.0 Å². The summed E-state index contributed by atoms with van der Waals surface area (Å²) in [4.78, 5) is 27.4. The summed E-state index contributed by atoms with van der Waals surface area (Å²) in [6.45, 7) is 7.73. The molecule has 1 unspecified atom stereocenters. The van der Waals surface area contributed by atoms with Crippen molar-refractivity contribution in [2.75, 3.05) is 5.32 Å². The smallest absolute Gasteiger partial charge is 0.309 e. The van der Waals surface area contributed by atoms with Gasteiger partial charge in [-0.3, -0.25) is 9.59 Å². The highest BCUT2D eigenvalue weighted by Gasteiger charge is 2.20. The van der Waals surface area contributed by atoms with Gasteiger partial charge < -0.3 is 10.4 Å². The molecule has 2 rings (SSSR count). The molecule has 1 atom stereocenters. The molecule has 0 aliphatic rings. The summed E-state index contributed by atoms with van der Waals surface area (Å²) in [6.07, 6.45) is -0.124. The van der Waals surface area contributed by atoms with Crippen LogP contribution in [-0.2, 0) is 16.0 Å². The number of carbonyl (C=O) groups is 2. The Hall–Kier alpha value is -2.21. The van der Waals surface area contributed by atoms with E-state index in [2.05, 4.69) is 10.3 Å². The molecule has 0 fully saturated rings. The molecule has 0 radical (unpaired) electrons. The third-order valence-electron chi connectivity index (χ3n) is 3.59. The molecule has 122 valence electrons. The normalized spacial score (nSPS) is 12.0. The zero-order chi connectivity index (χ0) is 17.1. The maximum Gasteiger partial charge on any atom is 0.309 e. The highest BCUT2D eigenvalue weighted by atomic mass is 32.1. The number of aliphatic carboxylic acids is 1. The van der Waals surface area contributed by atoms with E-state index in [1.165, 1.54) is 11.3 Å². The number of carboxylic acids is 1. The van der Waals surface area contributed by atoms with E-state index < -0.39 is 11.9 Å². The third kappa shape index (κ3) is 4.16. The van der Waals surface area contributed by atoms with E-state index in [0.29, 0.717) is 10.7 Å². The lowest BCUT2D eigenvalue weighted by molar-refractivity contribution is -0.136. The van der Waals surface area contributed by atoms with Gasteiger partial charge in [-0.1, -0.05) is 17.7 Å². The number of anilines is 1. The number of thiazole rings is 1. The Morgan fingerprint density at radius 3 is 2.43 bits per heavy atom. The number of amides is 1. The van der Waals surface area contributed by atoms with E-state index in [4.69, 9.17) is 5.11 Å². The molecule has 0 spiro atoms. The number of rotatable bonds is 5. The molecule has 1 amide bonds. The van der Waals surface area contributed by atoms with Gasteiger partial charge in [0.1, 0.15) is 5.01 Å². The van der Waals surface area contributed by atoms with Gasteiger partial charge in [0, 0.05) is 11.1 Å². The summed E-state index contributed by atoms with van der Waals surface area (Å²) >= 11 is 1.31. The van der Waals surface area contributed by atoms with E-state index in [1.54, 1.807) is 12.3 Å². The lowest BCUT2D eigenvalue weighted by atomic mass is 10.0. The Morgan fingerprint density at radius 1 is 1.26 bits per heavy atom. The zero-order valence-corrected chi connectivity index (χ0v) is 14.5. The molecular weight excluding hydrogens is 312 g/mol. The van der Waals surface area contributed by atoms with Crippen LogP contribution >= 0.6 is 11.3 Å². The topological polar surface area (TPSA) is 79.3 Å². The number of nitrogens with zero attached hydrogens (tertiary/aromatic N) is 1. The van der Waals surface area contributed by atoms with Crippen molar-refractivity contribution in [1.29, 1.82) is 0 Å². The van der Waals surface area contributed by atoms with Gasteiger partial charge in [0.2, 0.25) is 5.91 Å². The number of benzene rings is 1. The number of aromatic nitrogens is 1. The average Bonchev–Trinajstić information content (AvgIpc) is 2.89. The first-order chi connectivity index (χ1) is 10.8. The van der Waals surface area contributed by atoms with Crippen molar-refractivity contribution in [1.82, 2.24) is 4.98 Å². The Bertz CT molecular complexity index is 729. The van der Waals surface area contributed by atoms with Crippen molar-refractivity contribution < 1.29 is 14.7 Å². The molecule has 2 aromatic rings. The predicted octanol–water partition coefficient (Wildman–Crippen LogP) is 3.44. The lowest BCUT2D eigenvalue weighted by Crippen LogP contribution is -2.20. The molecule has 1 aromatic carbocycles. The Kier molecular flexibility index (Phi) is 5.15. The van der Waals surface area contributed by atoms with Gasteiger partial charge in [-0.2, -0.15) is 0 Å².